The van der Waals surface area contributed by atoms with E-state index in [1.807, 2.05) is 0 Å². The van der Waals surface area contributed by atoms with Crippen LogP contribution in [-0.4, -0.2) is 35.6 Å². The quantitative estimate of drug-likeness (QED) is 0.480. The van der Waals surface area contributed by atoms with Crippen LogP contribution >= 0.6 is 0 Å². The number of halogens is 2. The van der Waals surface area contributed by atoms with Crippen LogP contribution in [0, 0.1) is 5.41 Å². The molecule has 0 fully saturated rings. The summed E-state index contributed by atoms with van der Waals surface area (Å²) in [7, 11) is 2.53. The second kappa shape index (κ2) is 5.94. The molecule has 23 heavy (non-hydrogen) atoms. The zero-order valence-electron chi connectivity index (χ0n) is 13.1. The lowest BCUT2D eigenvalue weighted by atomic mass is 9.84. The van der Waals surface area contributed by atoms with Crippen molar-refractivity contribution in [3.8, 4) is 5.88 Å². The average molecular weight is 326 g/mol. The van der Waals surface area contributed by atoms with Crippen molar-refractivity contribution in [2.75, 3.05) is 14.2 Å². The first-order chi connectivity index (χ1) is 10.7. The van der Waals surface area contributed by atoms with Gasteiger partial charge in [-0.25, -0.2) is 8.78 Å². The van der Waals surface area contributed by atoms with E-state index in [1.54, 1.807) is 0 Å². The molecule has 0 aliphatic carbocycles. The Bertz CT molecular complexity index is 768. The molecule has 0 N–H and O–H groups in total. The number of carbonyl (C=O) groups excluding carboxylic acids is 2. The molecular weight excluding hydrogens is 310 g/mol. The van der Waals surface area contributed by atoms with Gasteiger partial charge in [0.05, 0.1) is 19.7 Å². The van der Waals surface area contributed by atoms with Crippen LogP contribution in [0.5, 0.6) is 5.88 Å². The lowest BCUT2D eigenvalue weighted by molar-refractivity contribution is -0.147. The number of hydrogen-bond donors (Lipinski definition) is 0. The van der Waals surface area contributed by atoms with E-state index in [0.717, 1.165) is 10.6 Å². The molecule has 0 saturated heterocycles. The third-order valence-corrected chi connectivity index (χ3v) is 3.55. The molecule has 0 aliphatic rings. The number of rotatable bonds is 5. The van der Waals surface area contributed by atoms with Gasteiger partial charge in [-0.2, -0.15) is 9.61 Å². The summed E-state index contributed by atoms with van der Waals surface area (Å²) >= 11 is 0. The highest BCUT2D eigenvalue weighted by Gasteiger charge is 2.39. The fourth-order valence-corrected chi connectivity index (χ4v) is 2.21. The number of ether oxygens (including phenoxy) is 2. The number of esters is 1. The average Bonchev–Trinajstić information content (AvgIpc) is 2.97. The van der Waals surface area contributed by atoms with Crippen LogP contribution in [-0.2, 0) is 9.53 Å². The van der Waals surface area contributed by atoms with Gasteiger partial charge >= 0.3 is 5.97 Å². The summed E-state index contributed by atoms with van der Waals surface area (Å²) in [5.74, 6) is -1.08. The summed E-state index contributed by atoms with van der Waals surface area (Å²) in [5, 5.41) is 3.75. The fourth-order valence-electron chi connectivity index (χ4n) is 2.21. The molecule has 0 radical (unpaired) electrons. The minimum Gasteiger partial charge on any atom is -0.481 e. The van der Waals surface area contributed by atoms with Crippen molar-refractivity contribution in [1.82, 2.24) is 9.61 Å². The molecule has 0 aromatic carbocycles. The maximum atomic E-state index is 12.9. The van der Waals surface area contributed by atoms with Gasteiger partial charge in [-0.1, -0.05) is 0 Å². The van der Waals surface area contributed by atoms with Gasteiger partial charge in [0.25, 0.3) is 6.43 Å². The SMILES string of the molecule is COC(=O)C(C)(C)C(=O)c1ccc(OC)n2nc(C(F)F)cc12. The molecular formula is C15H16F2N2O4. The van der Waals surface area contributed by atoms with Crippen LogP contribution < -0.4 is 4.74 Å². The van der Waals surface area contributed by atoms with E-state index in [9.17, 15) is 18.4 Å². The lowest BCUT2D eigenvalue weighted by Crippen LogP contribution is -2.34. The molecule has 2 aromatic rings. The number of methoxy groups -OCH3 is 2. The summed E-state index contributed by atoms with van der Waals surface area (Å²) in [6, 6.07) is 3.95. The molecule has 8 heteroatoms. The van der Waals surface area contributed by atoms with Crippen molar-refractivity contribution >= 4 is 17.3 Å². The van der Waals surface area contributed by atoms with Crippen LogP contribution in [0.1, 0.15) is 36.3 Å². The van der Waals surface area contributed by atoms with Crippen molar-refractivity contribution in [2.45, 2.75) is 20.3 Å². The van der Waals surface area contributed by atoms with E-state index < -0.39 is 29.3 Å². The highest BCUT2D eigenvalue weighted by molar-refractivity contribution is 6.15. The van der Waals surface area contributed by atoms with E-state index >= 15 is 0 Å². The summed E-state index contributed by atoms with van der Waals surface area (Å²) in [4.78, 5) is 24.5. The number of fused-ring (bicyclic) bond motifs is 1. The van der Waals surface area contributed by atoms with Gasteiger partial charge in [0, 0.05) is 11.6 Å². The molecule has 2 aromatic heterocycles. The largest absolute Gasteiger partial charge is 0.481 e. The summed E-state index contributed by atoms with van der Waals surface area (Å²) in [6.07, 6.45) is -2.80. The van der Waals surface area contributed by atoms with Crippen molar-refractivity contribution in [3.05, 3.63) is 29.5 Å². The van der Waals surface area contributed by atoms with E-state index in [4.69, 9.17) is 4.74 Å². The van der Waals surface area contributed by atoms with Gasteiger partial charge in [0.15, 0.2) is 5.78 Å². The predicted octanol–water partition coefficient (Wildman–Crippen LogP) is 2.66. The Labute approximate surface area is 131 Å². The second-order valence-corrected chi connectivity index (χ2v) is 5.40. The number of carbonyl (C=O) groups is 2. The van der Waals surface area contributed by atoms with Crippen molar-refractivity contribution in [2.24, 2.45) is 5.41 Å². The second-order valence-electron chi connectivity index (χ2n) is 5.40. The number of pyridine rings is 1. The van der Waals surface area contributed by atoms with Gasteiger partial charge < -0.3 is 9.47 Å². The number of ketones is 1. The third kappa shape index (κ3) is 2.76. The van der Waals surface area contributed by atoms with Gasteiger partial charge in [0.2, 0.25) is 5.88 Å². The molecule has 0 amide bonds. The van der Waals surface area contributed by atoms with Crippen molar-refractivity contribution < 1.29 is 27.8 Å². The number of aromatic nitrogens is 2. The van der Waals surface area contributed by atoms with E-state index in [-0.39, 0.29) is 17.0 Å². The van der Waals surface area contributed by atoms with Crippen LogP contribution in [0.15, 0.2) is 18.2 Å². The number of alkyl halides is 2. The van der Waals surface area contributed by atoms with Crippen molar-refractivity contribution in [1.29, 1.82) is 0 Å². The Morgan fingerprint density at radius 2 is 1.91 bits per heavy atom. The van der Waals surface area contributed by atoms with Crippen LogP contribution in [0.25, 0.3) is 5.52 Å². The molecule has 0 aliphatic heterocycles. The zero-order chi connectivity index (χ0) is 17.4. The van der Waals surface area contributed by atoms with E-state index in [1.165, 1.54) is 40.2 Å². The molecule has 6 nitrogen and oxygen atoms in total. The molecule has 0 bridgehead atoms. The Morgan fingerprint density at radius 3 is 2.43 bits per heavy atom. The fraction of sp³-hybridized carbons (Fsp3) is 0.400. The minimum absolute atomic E-state index is 0.0839. The monoisotopic (exact) mass is 326 g/mol. The van der Waals surface area contributed by atoms with Crippen LogP contribution in [0.4, 0.5) is 8.78 Å². The highest BCUT2D eigenvalue weighted by atomic mass is 19.3. The van der Waals surface area contributed by atoms with Crippen LogP contribution in [0.2, 0.25) is 0 Å². The third-order valence-electron chi connectivity index (χ3n) is 3.55. The molecule has 0 saturated carbocycles. The first-order valence-electron chi connectivity index (χ1n) is 6.72. The first kappa shape index (κ1) is 16.9. The zero-order valence-corrected chi connectivity index (χ0v) is 13.1. The normalized spacial score (nSPS) is 11.8. The molecule has 0 atom stereocenters. The van der Waals surface area contributed by atoms with Gasteiger partial charge in [-0.3, -0.25) is 9.59 Å². The maximum absolute atomic E-state index is 12.9. The molecule has 124 valence electrons. The number of nitrogens with zero attached hydrogens (tertiary/aromatic N) is 2. The minimum atomic E-state index is -2.80. The van der Waals surface area contributed by atoms with Crippen molar-refractivity contribution in [3.63, 3.8) is 0 Å². The Kier molecular flexibility index (Phi) is 4.35. The van der Waals surface area contributed by atoms with Gasteiger partial charge in [0.1, 0.15) is 11.1 Å². The Hall–Kier alpha value is -2.51. The maximum Gasteiger partial charge on any atom is 0.319 e. The smallest absolute Gasteiger partial charge is 0.319 e. The first-order valence-corrected chi connectivity index (χ1v) is 6.72. The number of Topliss-reactive ketones (excluding diaryl/α,β-unsaturated/α-hetero) is 1. The Morgan fingerprint density at radius 1 is 1.26 bits per heavy atom. The van der Waals surface area contributed by atoms with E-state index in [0.29, 0.717) is 0 Å². The Balaban J connectivity index is 2.66. The standard InChI is InChI=1S/C15H16F2N2O4/c1-15(2,14(21)23-4)12(20)8-5-6-11(22-3)19-10(8)7-9(18-19)13(16)17/h5-7,13H,1-4H3. The highest BCUT2D eigenvalue weighted by Crippen LogP contribution is 2.30. The van der Waals surface area contributed by atoms with Gasteiger partial charge in [-0.05, 0) is 26.0 Å². The summed E-state index contributed by atoms with van der Waals surface area (Å²) in [5.41, 5.74) is -1.72. The molecule has 0 spiro atoms. The number of hydrogen-bond acceptors (Lipinski definition) is 5. The summed E-state index contributed by atoms with van der Waals surface area (Å²) in [6.45, 7) is 2.82. The van der Waals surface area contributed by atoms with Gasteiger partial charge in [-0.15, -0.1) is 0 Å². The molecule has 2 rings (SSSR count). The molecule has 0 unspecified atom stereocenters. The summed E-state index contributed by atoms with van der Waals surface area (Å²) < 4.78 is 36.6. The van der Waals surface area contributed by atoms with E-state index in [2.05, 4.69) is 9.84 Å². The lowest BCUT2D eigenvalue weighted by Gasteiger charge is -2.20. The van der Waals surface area contributed by atoms with Crippen LogP contribution in [0.3, 0.4) is 0 Å². The predicted molar refractivity (Wildman–Crippen MR) is 76.8 cm³/mol. The topological polar surface area (TPSA) is 69.9 Å². The molecule has 2 heterocycles.